The van der Waals surface area contributed by atoms with Crippen molar-refractivity contribution in [3.05, 3.63) is 21.8 Å². The Labute approximate surface area is 106 Å². The molecule has 1 N–H and O–H groups in total. The van der Waals surface area contributed by atoms with E-state index in [1.165, 1.54) is 0 Å². The lowest BCUT2D eigenvalue weighted by molar-refractivity contribution is 0.497. The topological polar surface area (TPSA) is 51.0 Å². The Bertz CT molecular complexity index is 454. The van der Waals surface area contributed by atoms with Crippen LogP contribution in [-0.2, 0) is 6.42 Å². The van der Waals surface area contributed by atoms with Crippen molar-refractivity contribution in [3.8, 4) is 10.8 Å². The summed E-state index contributed by atoms with van der Waals surface area (Å²) in [5.74, 6) is 1.28. The summed E-state index contributed by atoms with van der Waals surface area (Å²) in [6.45, 7) is 3.90. The van der Waals surface area contributed by atoms with Gasteiger partial charge in [0, 0.05) is 13.0 Å². The Balaban J connectivity index is 2.02. The van der Waals surface area contributed by atoms with E-state index in [2.05, 4.69) is 38.4 Å². The second-order valence-electron chi connectivity index (χ2n) is 3.21. The maximum Gasteiger partial charge on any atom is 0.257 e. The van der Waals surface area contributed by atoms with Gasteiger partial charge in [-0.05, 0) is 34.6 Å². The predicted molar refractivity (Wildman–Crippen MR) is 67.6 cm³/mol. The third-order valence-electron chi connectivity index (χ3n) is 2.02. The Morgan fingerprint density at radius 3 is 3.00 bits per heavy atom. The third kappa shape index (κ3) is 2.90. The molecule has 0 saturated heterocycles. The standard InChI is InChI=1S/C10H12BrN3OS/c1-2-12-6-5-9-13-14-10(15-9)7-3-4-8(11)16-7/h3-4,12H,2,5-6H2,1H3. The average Bonchev–Trinajstić information content (AvgIpc) is 2.87. The molecule has 0 radical (unpaired) electrons. The normalized spacial score (nSPS) is 10.9. The number of nitrogens with one attached hydrogen (secondary N) is 1. The van der Waals surface area contributed by atoms with Crippen molar-refractivity contribution in [1.82, 2.24) is 15.5 Å². The number of rotatable bonds is 5. The molecule has 0 aliphatic rings. The van der Waals surface area contributed by atoms with Gasteiger partial charge in [0.05, 0.1) is 8.66 Å². The molecule has 0 aliphatic carbocycles. The molecule has 0 saturated carbocycles. The first-order valence-corrected chi connectivity index (χ1v) is 6.69. The van der Waals surface area contributed by atoms with Crippen LogP contribution >= 0.6 is 27.3 Å². The van der Waals surface area contributed by atoms with E-state index < -0.39 is 0 Å². The molecule has 0 bridgehead atoms. The summed E-state index contributed by atoms with van der Waals surface area (Å²) in [4.78, 5) is 0.995. The highest BCUT2D eigenvalue weighted by Crippen LogP contribution is 2.30. The molecule has 4 nitrogen and oxygen atoms in total. The van der Waals surface area contributed by atoms with Gasteiger partial charge < -0.3 is 9.73 Å². The van der Waals surface area contributed by atoms with E-state index in [4.69, 9.17) is 4.42 Å². The smallest absolute Gasteiger partial charge is 0.257 e. The van der Waals surface area contributed by atoms with Gasteiger partial charge in [-0.3, -0.25) is 0 Å². The largest absolute Gasteiger partial charge is 0.420 e. The molecule has 0 unspecified atom stereocenters. The summed E-state index contributed by atoms with van der Waals surface area (Å²) in [5.41, 5.74) is 0. The Morgan fingerprint density at radius 2 is 2.31 bits per heavy atom. The van der Waals surface area contributed by atoms with Crippen LogP contribution in [-0.4, -0.2) is 23.3 Å². The van der Waals surface area contributed by atoms with Gasteiger partial charge in [-0.2, -0.15) is 0 Å². The maximum absolute atomic E-state index is 5.56. The van der Waals surface area contributed by atoms with E-state index in [9.17, 15) is 0 Å². The van der Waals surface area contributed by atoms with Crippen LogP contribution in [0.3, 0.4) is 0 Å². The summed E-state index contributed by atoms with van der Waals surface area (Å²) >= 11 is 4.99. The molecule has 0 amide bonds. The third-order valence-corrected chi connectivity index (χ3v) is 3.63. The van der Waals surface area contributed by atoms with Gasteiger partial charge in [0.1, 0.15) is 0 Å². The van der Waals surface area contributed by atoms with Crippen LogP contribution in [0.2, 0.25) is 0 Å². The Hall–Kier alpha value is -0.720. The zero-order chi connectivity index (χ0) is 11.4. The SMILES string of the molecule is CCNCCc1nnc(-c2ccc(Br)s2)o1. The first-order chi connectivity index (χ1) is 7.79. The average molecular weight is 302 g/mol. The van der Waals surface area contributed by atoms with Crippen molar-refractivity contribution in [2.75, 3.05) is 13.1 Å². The second kappa shape index (κ2) is 5.56. The summed E-state index contributed by atoms with van der Waals surface area (Å²) in [5, 5.41) is 11.2. The molecule has 2 rings (SSSR count). The molecule has 6 heteroatoms. The lowest BCUT2D eigenvalue weighted by Crippen LogP contribution is -2.16. The number of thiophene rings is 1. The number of aromatic nitrogens is 2. The minimum Gasteiger partial charge on any atom is -0.420 e. The lowest BCUT2D eigenvalue weighted by Gasteiger charge is -1.95. The van der Waals surface area contributed by atoms with Crippen LogP contribution < -0.4 is 5.32 Å². The van der Waals surface area contributed by atoms with E-state index in [1.54, 1.807) is 11.3 Å². The molecular formula is C10H12BrN3OS. The number of hydrogen-bond donors (Lipinski definition) is 1. The van der Waals surface area contributed by atoms with Crippen LogP contribution in [0, 0.1) is 0 Å². The van der Waals surface area contributed by atoms with Crippen LogP contribution in [0.5, 0.6) is 0 Å². The quantitative estimate of drug-likeness (QED) is 0.863. The van der Waals surface area contributed by atoms with Crippen molar-refractivity contribution in [1.29, 1.82) is 0 Å². The van der Waals surface area contributed by atoms with Crippen LogP contribution in [0.25, 0.3) is 10.8 Å². The van der Waals surface area contributed by atoms with Crippen molar-refractivity contribution >= 4 is 27.3 Å². The monoisotopic (exact) mass is 301 g/mol. The zero-order valence-electron chi connectivity index (χ0n) is 8.86. The molecule has 0 fully saturated rings. The minimum absolute atomic E-state index is 0.599. The van der Waals surface area contributed by atoms with E-state index in [0.717, 1.165) is 28.2 Å². The summed E-state index contributed by atoms with van der Waals surface area (Å²) in [6.07, 6.45) is 0.771. The molecule has 2 aromatic rings. The van der Waals surface area contributed by atoms with Gasteiger partial charge in [0.25, 0.3) is 5.89 Å². The van der Waals surface area contributed by atoms with Gasteiger partial charge in [-0.1, -0.05) is 6.92 Å². The van der Waals surface area contributed by atoms with Crippen molar-refractivity contribution in [3.63, 3.8) is 0 Å². The van der Waals surface area contributed by atoms with Crippen molar-refractivity contribution < 1.29 is 4.42 Å². The molecular weight excluding hydrogens is 290 g/mol. The van der Waals surface area contributed by atoms with Crippen LogP contribution in [0.15, 0.2) is 20.3 Å². The van der Waals surface area contributed by atoms with E-state index in [-0.39, 0.29) is 0 Å². The van der Waals surface area contributed by atoms with Gasteiger partial charge in [-0.15, -0.1) is 21.5 Å². The summed E-state index contributed by atoms with van der Waals surface area (Å²) in [7, 11) is 0. The number of hydrogen-bond acceptors (Lipinski definition) is 5. The second-order valence-corrected chi connectivity index (χ2v) is 5.67. The molecule has 86 valence electrons. The molecule has 2 aromatic heterocycles. The van der Waals surface area contributed by atoms with Gasteiger partial charge in [0.2, 0.25) is 5.89 Å². The highest BCUT2D eigenvalue weighted by Gasteiger charge is 2.09. The van der Waals surface area contributed by atoms with Crippen molar-refractivity contribution in [2.45, 2.75) is 13.3 Å². The van der Waals surface area contributed by atoms with E-state index in [0.29, 0.717) is 11.8 Å². The molecule has 2 heterocycles. The first kappa shape index (κ1) is 11.8. The highest BCUT2D eigenvalue weighted by atomic mass is 79.9. The number of likely N-dealkylation sites (N-methyl/N-ethyl adjacent to an activating group) is 1. The molecule has 0 aromatic carbocycles. The fourth-order valence-electron chi connectivity index (χ4n) is 1.26. The highest BCUT2D eigenvalue weighted by molar-refractivity contribution is 9.11. The Morgan fingerprint density at radius 1 is 1.44 bits per heavy atom. The lowest BCUT2D eigenvalue weighted by atomic mass is 10.4. The molecule has 0 spiro atoms. The molecule has 0 atom stereocenters. The number of nitrogens with zero attached hydrogens (tertiary/aromatic N) is 2. The van der Waals surface area contributed by atoms with Gasteiger partial charge in [-0.25, -0.2) is 0 Å². The summed E-state index contributed by atoms with van der Waals surface area (Å²) in [6, 6.07) is 3.94. The van der Waals surface area contributed by atoms with Crippen LogP contribution in [0.1, 0.15) is 12.8 Å². The van der Waals surface area contributed by atoms with Crippen molar-refractivity contribution in [2.24, 2.45) is 0 Å². The number of halogens is 1. The van der Waals surface area contributed by atoms with E-state index in [1.807, 2.05) is 12.1 Å². The zero-order valence-corrected chi connectivity index (χ0v) is 11.3. The van der Waals surface area contributed by atoms with E-state index >= 15 is 0 Å². The minimum atomic E-state index is 0.599. The fourth-order valence-corrected chi connectivity index (χ4v) is 2.56. The first-order valence-electron chi connectivity index (χ1n) is 5.08. The fraction of sp³-hybridized carbons (Fsp3) is 0.400. The van der Waals surface area contributed by atoms with Crippen LogP contribution in [0.4, 0.5) is 0 Å². The molecule has 16 heavy (non-hydrogen) atoms. The maximum atomic E-state index is 5.56. The summed E-state index contributed by atoms with van der Waals surface area (Å²) < 4.78 is 6.62. The molecule has 0 aliphatic heterocycles. The Kier molecular flexibility index (Phi) is 4.09. The van der Waals surface area contributed by atoms with Gasteiger partial charge in [0.15, 0.2) is 0 Å². The van der Waals surface area contributed by atoms with Gasteiger partial charge >= 0.3 is 0 Å². The predicted octanol–water partition coefficient (Wildman–Crippen LogP) is 2.71.